The van der Waals surface area contributed by atoms with Crippen LogP contribution in [0.25, 0.3) is 5.69 Å². The summed E-state index contributed by atoms with van der Waals surface area (Å²) in [6.07, 6.45) is 0. The molecule has 0 atom stereocenters. The van der Waals surface area contributed by atoms with Gasteiger partial charge in [0.1, 0.15) is 0 Å². The minimum atomic E-state index is 0. The SMILES string of the molecule is CNCCN(C)C(=O)c1ccc(-n2nc(C)c(Cl)c2C)cc1.Cl. The van der Waals surface area contributed by atoms with Gasteiger partial charge in [0.15, 0.2) is 0 Å². The van der Waals surface area contributed by atoms with Crippen LogP contribution in [0.5, 0.6) is 0 Å². The maximum atomic E-state index is 12.3. The van der Waals surface area contributed by atoms with Crippen molar-refractivity contribution in [2.45, 2.75) is 13.8 Å². The number of hydrogen-bond acceptors (Lipinski definition) is 3. The Morgan fingerprint density at radius 1 is 1.30 bits per heavy atom. The Bertz CT molecular complexity index is 667. The van der Waals surface area contributed by atoms with E-state index in [1.807, 2.05) is 45.2 Å². The van der Waals surface area contributed by atoms with E-state index in [2.05, 4.69) is 10.4 Å². The lowest BCUT2D eigenvalue weighted by Crippen LogP contribution is -2.32. The van der Waals surface area contributed by atoms with Crippen LogP contribution in [0.3, 0.4) is 0 Å². The highest BCUT2D eigenvalue weighted by molar-refractivity contribution is 6.31. The molecular formula is C16H22Cl2N4O. The summed E-state index contributed by atoms with van der Waals surface area (Å²) in [6, 6.07) is 7.40. The van der Waals surface area contributed by atoms with Crippen molar-refractivity contribution in [3.63, 3.8) is 0 Å². The highest BCUT2D eigenvalue weighted by Crippen LogP contribution is 2.22. The highest BCUT2D eigenvalue weighted by atomic mass is 35.5. The molecule has 1 aromatic carbocycles. The zero-order valence-corrected chi connectivity index (χ0v) is 15.3. The molecule has 0 bridgehead atoms. The number of hydrogen-bond donors (Lipinski definition) is 1. The third-order valence-corrected chi connectivity index (χ3v) is 4.15. The minimum Gasteiger partial charge on any atom is -0.340 e. The molecule has 0 aliphatic rings. The number of benzene rings is 1. The quantitative estimate of drug-likeness (QED) is 0.895. The Hall–Kier alpha value is -1.56. The maximum Gasteiger partial charge on any atom is 0.253 e. The molecule has 7 heteroatoms. The van der Waals surface area contributed by atoms with Gasteiger partial charge < -0.3 is 10.2 Å². The fourth-order valence-corrected chi connectivity index (χ4v) is 2.34. The predicted octanol–water partition coefficient (Wildman–Crippen LogP) is 2.86. The fourth-order valence-electron chi connectivity index (χ4n) is 2.22. The van der Waals surface area contributed by atoms with Crippen LogP contribution in [0.1, 0.15) is 21.7 Å². The summed E-state index contributed by atoms with van der Waals surface area (Å²) in [5, 5.41) is 8.12. The van der Waals surface area contributed by atoms with Crippen molar-refractivity contribution in [1.82, 2.24) is 20.0 Å². The van der Waals surface area contributed by atoms with E-state index < -0.39 is 0 Å². The summed E-state index contributed by atoms with van der Waals surface area (Å²) in [5.74, 6) is 0.00759. The standard InChI is InChI=1S/C16H21ClN4O.ClH/c1-11-15(17)12(2)21(19-11)14-7-5-13(6-8-14)16(22)20(4)10-9-18-3;/h5-8,18H,9-10H2,1-4H3;1H. The van der Waals surface area contributed by atoms with Crippen molar-refractivity contribution in [1.29, 1.82) is 0 Å². The summed E-state index contributed by atoms with van der Waals surface area (Å²) in [5.41, 5.74) is 3.24. The zero-order valence-electron chi connectivity index (χ0n) is 13.8. The van der Waals surface area contributed by atoms with E-state index in [4.69, 9.17) is 11.6 Å². The van der Waals surface area contributed by atoms with Gasteiger partial charge in [0.25, 0.3) is 5.91 Å². The van der Waals surface area contributed by atoms with Crippen molar-refractivity contribution < 1.29 is 4.79 Å². The average molecular weight is 357 g/mol. The smallest absolute Gasteiger partial charge is 0.253 e. The van der Waals surface area contributed by atoms with Gasteiger partial charge in [-0.15, -0.1) is 12.4 Å². The molecular weight excluding hydrogens is 335 g/mol. The van der Waals surface area contributed by atoms with Gasteiger partial charge in [0.2, 0.25) is 0 Å². The zero-order chi connectivity index (χ0) is 16.3. The molecule has 0 unspecified atom stereocenters. The van der Waals surface area contributed by atoms with Gasteiger partial charge in [-0.3, -0.25) is 4.79 Å². The monoisotopic (exact) mass is 356 g/mol. The average Bonchev–Trinajstić information content (AvgIpc) is 2.79. The van der Waals surface area contributed by atoms with Gasteiger partial charge in [-0.25, -0.2) is 4.68 Å². The lowest BCUT2D eigenvalue weighted by atomic mass is 10.2. The lowest BCUT2D eigenvalue weighted by Gasteiger charge is -2.17. The first-order chi connectivity index (χ1) is 10.5. The van der Waals surface area contributed by atoms with Crippen molar-refractivity contribution in [3.05, 3.63) is 46.2 Å². The molecule has 1 heterocycles. The van der Waals surface area contributed by atoms with Crippen LogP contribution in [0, 0.1) is 13.8 Å². The van der Waals surface area contributed by atoms with Crippen LogP contribution in [0.15, 0.2) is 24.3 Å². The summed E-state index contributed by atoms with van der Waals surface area (Å²) in [6.45, 7) is 5.24. The van der Waals surface area contributed by atoms with Gasteiger partial charge in [-0.05, 0) is 45.2 Å². The van der Waals surface area contributed by atoms with Crippen molar-refractivity contribution in [2.75, 3.05) is 27.2 Å². The third kappa shape index (κ3) is 4.25. The Morgan fingerprint density at radius 2 is 1.91 bits per heavy atom. The second kappa shape index (κ2) is 8.34. The van der Waals surface area contributed by atoms with E-state index in [1.54, 1.807) is 16.6 Å². The van der Waals surface area contributed by atoms with E-state index in [1.165, 1.54) is 0 Å². The predicted molar refractivity (Wildman–Crippen MR) is 96.2 cm³/mol. The molecule has 1 N–H and O–H groups in total. The van der Waals surface area contributed by atoms with E-state index >= 15 is 0 Å². The number of nitrogens with one attached hydrogen (secondary N) is 1. The molecule has 1 aromatic heterocycles. The third-order valence-electron chi connectivity index (χ3n) is 3.61. The van der Waals surface area contributed by atoms with Crippen molar-refractivity contribution in [2.24, 2.45) is 0 Å². The normalized spacial score (nSPS) is 10.3. The molecule has 0 spiro atoms. The number of carbonyl (C=O) groups is 1. The molecule has 0 radical (unpaired) electrons. The first-order valence-corrected chi connectivity index (χ1v) is 7.55. The summed E-state index contributed by atoms with van der Waals surface area (Å²) < 4.78 is 1.79. The van der Waals surface area contributed by atoms with Gasteiger partial charge in [-0.2, -0.15) is 5.10 Å². The summed E-state index contributed by atoms with van der Waals surface area (Å²) >= 11 is 6.17. The molecule has 0 aliphatic heterocycles. The van der Waals surface area contributed by atoms with E-state index in [0.29, 0.717) is 17.1 Å². The molecule has 0 fully saturated rings. The molecule has 0 saturated carbocycles. The van der Waals surface area contributed by atoms with Gasteiger partial charge >= 0.3 is 0 Å². The second-order valence-corrected chi connectivity index (χ2v) is 5.65. The number of aryl methyl sites for hydroxylation is 1. The molecule has 126 valence electrons. The molecule has 5 nitrogen and oxygen atoms in total. The molecule has 2 rings (SSSR count). The van der Waals surface area contributed by atoms with Gasteiger partial charge in [0, 0.05) is 25.7 Å². The number of carbonyl (C=O) groups excluding carboxylic acids is 1. The Morgan fingerprint density at radius 3 is 2.39 bits per heavy atom. The summed E-state index contributed by atoms with van der Waals surface area (Å²) in [7, 11) is 3.67. The first-order valence-electron chi connectivity index (χ1n) is 7.18. The molecule has 2 aromatic rings. The molecule has 0 aliphatic carbocycles. The van der Waals surface area contributed by atoms with Crippen LogP contribution in [0.4, 0.5) is 0 Å². The maximum absolute atomic E-state index is 12.3. The van der Waals surface area contributed by atoms with Crippen LogP contribution in [-0.4, -0.2) is 47.8 Å². The Kier molecular flexibility index (Phi) is 7.06. The van der Waals surface area contributed by atoms with Crippen LogP contribution in [0.2, 0.25) is 5.02 Å². The fraction of sp³-hybridized carbons (Fsp3) is 0.375. The number of halogens is 2. The van der Waals surface area contributed by atoms with Crippen molar-refractivity contribution in [3.8, 4) is 5.69 Å². The van der Waals surface area contributed by atoms with Gasteiger partial charge in [0.05, 0.1) is 22.1 Å². The molecule has 23 heavy (non-hydrogen) atoms. The number of likely N-dealkylation sites (N-methyl/N-ethyl adjacent to an activating group) is 2. The van der Waals surface area contributed by atoms with E-state index in [9.17, 15) is 4.79 Å². The largest absolute Gasteiger partial charge is 0.340 e. The molecule has 1 amide bonds. The number of amides is 1. The lowest BCUT2D eigenvalue weighted by molar-refractivity contribution is 0.0797. The van der Waals surface area contributed by atoms with E-state index in [-0.39, 0.29) is 18.3 Å². The van der Waals surface area contributed by atoms with Crippen molar-refractivity contribution >= 4 is 29.9 Å². The van der Waals surface area contributed by atoms with Gasteiger partial charge in [-0.1, -0.05) is 11.6 Å². The van der Waals surface area contributed by atoms with Crippen LogP contribution < -0.4 is 5.32 Å². The number of rotatable bonds is 5. The van der Waals surface area contributed by atoms with Crippen LogP contribution in [-0.2, 0) is 0 Å². The minimum absolute atomic E-state index is 0. The number of nitrogens with zero attached hydrogens (tertiary/aromatic N) is 3. The highest BCUT2D eigenvalue weighted by Gasteiger charge is 2.13. The first kappa shape index (κ1) is 19.5. The Labute approximate surface area is 148 Å². The molecule has 0 saturated heterocycles. The van der Waals surface area contributed by atoms with Crippen LogP contribution >= 0.6 is 24.0 Å². The number of aromatic nitrogens is 2. The summed E-state index contributed by atoms with van der Waals surface area (Å²) in [4.78, 5) is 14.0. The second-order valence-electron chi connectivity index (χ2n) is 5.27. The topological polar surface area (TPSA) is 50.2 Å². The Balaban J connectivity index is 0.00000264. The van der Waals surface area contributed by atoms with E-state index in [0.717, 1.165) is 23.6 Å².